The summed E-state index contributed by atoms with van der Waals surface area (Å²) in [6.07, 6.45) is 0.992. The van der Waals surface area contributed by atoms with Crippen molar-refractivity contribution >= 4 is 46.5 Å². The molecular formula is C29H37ClN6OS. The highest BCUT2D eigenvalue weighted by Gasteiger charge is 2.25. The zero-order chi connectivity index (χ0) is 26.3. The van der Waals surface area contributed by atoms with Gasteiger partial charge in [-0.2, -0.15) is 4.98 Å². The molecule has 0 unspecified atom stereocenters. The largest absolute Gasteiger partial charge is 0.379 e. The first kappa shape index (κ1) is 27.1. The van der Waals surface area contributed by atoms with Crippen LogP contribution >= 0.6 is 23.4 Å². The number of nitrogens with one attached hydrogen (secondary N) is 1. The lowest BCUT2D eigenvalue weighted by Crippen LogP contribution is -2.47. The molecule has 1 N–H and O–H groups in total. The molecule has 3 aromatic rings. The first-order chi connectivity index (χ1) is 18.7. The number of hydrogen-bond acceptors (Lipinski definition) is 8. The van der Waals surface area contributed by atoms with Crippen LogP contribution in [-0.4, -0.2) is 73.1 Å². The van der Waals surface area contributed by atoms with Crippen molar-refractivity contribution in [1.29, 1.82) is 0 Å². The molecule has 3 aliphatic heterocycles. The SMILES string of the molecule is CC.Clc1ccc(N2CCN(c3nc4c(c(Nc5cccc(CN6CCOCC6)c5)n3)SCC4)CC2)cc1. The van der Waals surface area contributed by atoms with E-state index in [1.54, 1.807) is 0 Å². The molecule has 0 radical (unpaired) electrons. The minimum absolute atomic E-state index is 0.772. The van der Waals surface area contributed by atoms with Gasteiger partial charge < -0.3 is 19.9 Å². The molecule has 1 aromatic heterocycles. The van der Waals surface area contributed by atoms with E-state index in [1.807, 2.05) is 37.7 Å². The molecule has 38 heavy (non-hydrogen) atoms. The fourth-order valence-corrected chi connectivity index (χ4v) is 6.17. The lowest BCUT2D eigenvalue weighted by Gasteiger charge is -2.36. The second kappa shape index (κ2) is 13.0. The third-order valence-electron chi connectivity index (χ3n) is 6.96. The van der Waals surface area contributed by atoms with Crippen molar-refractivity contribution in [3.05, 3.63) is 64.8 Å². The number of anilines is 4. The number of benzene rings is 2. The highest BCUT2D eigenvalue weighted by atomic mass is 35.5. The average molecular weight is 553 g/mol. The van der Waals surface area contributed by atoms with E-state index in [1.165, 1.54) is 16.1 Å². The van der Waals surface area contributed by atoms with Gasteiger partial charge in [-0.15, -0.1) is 11.8 Å². The Bertz CT molecular complexity index is 1200. The second-order valence-corrected chi connectivity index (χ2v) is 11.0. The van der Waals surface area contributed by atoms with Gasteiger partial charge in [0, 0.05) is 74.4 Å². The molecule has 6 rings (SSSR count). The first-order valence-corrected chi connectivity index (χ1v) is 15.0. The topological polar surface area (TPSA) is 56.8 Å². The van der Waals surface area contributed by atoms with Crippen molar-refractivity contribution in [3.8, 4) is 0 Å². The van der Waals surface area contributed by atoms with Gasteiger partial charge in [-0.25, -0.2) is 4.98 Å². The van der Waals surface area contributed by atoms with Crippen LogP contribution in [0.4, 0.5) is 23.1 Å². The molecule has 4 heterocycles. The van der Waals surface area contributed by atoms with Crippen LogP contribution < -0.4 is 15.1 Å². The second-order valence-electron chi connectivity index (χ2n) is 9.41. The minimum atomic E-state index is 0.772. The third kappa shape index (κ3) is 6.54. The Hall–Kier alpha value is -2.52. The summed E-state index contributed by atoms with van der Waals surface area (Å²) in [7, 11) is 0. The smallest absolute Gasteiger partial charge is 0.227 e. The Morgan fingerprint density at radius 1 is 0.921 bits per heavy atom. The summed E-state index contributed by atoms with van der Waals surface area (Å²) in [5.41, 5.74) is 4.76. The standard InChI is InChI=1S/C27H31ClN6OS.C2H6/c28-21-4-6-23(7-5-21)33-9-11-34(12-10-33)27-30-24-8-17-36-25(24)26(31-27)29-22-3-1-2-20(18-22)19-32-13-15-35-16-14-32;1-2/h1-7,18H,8-17,19H2,(H,29,30,31);1-2H3. The quantitative estimate of drug-likeness (QED) is 0.417. The van der Waals surface area contributed by atoms with Crippen LogP contribution in [0.2, 0.25) is 5.02 Å². The molecule has 9 heteroatoms. The predicted octanol–water partition coefficient (Wildman–Crippen LogP) is 5.71. The zero-order valence-electron chi connectivity index (χ0n) is 22.3. The maximum Gasteiger partial charge on any atom is 0.227 e. The van der Waals surface area contributed by atoms with Gasteiger partial charge in [0.25, 0.3) is 0 Å². The van der Waals surface area contributed by atoms with Crippen molar-refractivity contribution in [2.24, 2.45) is 0 Å². The molecule has 0 atom stereocenters. The first-order valence-electron chi connectivity index (χ1n) is 13.7. The number of ether oxygens (including phenoxy) is 1. The fraction of sp³-hybridized carbons (Fsp3) is 0.448. The summed E-state index contributed by atoms with van der Waals surface area (Å²) in [6, 6.07) is 16.8. The Labute approximate surface area is 235 Å². The van der Waals surface area contributed by atoms with Gasteiger partial charge in [0.1, 0.15) is 5.82 Å². The average Bonchev–Trinajstić information content (AvgIpc) is 3.45. The monoisotopic (exact) mass is 552 g/mol. The summed E-state index contributed by atoms with van der Waals surface area (Å²) >= 11 is 7.92. The van der Waals surface area contributed by atoms with E-state index >= 15 is 0 Å². The summed E-state index contributed by atoms with van der Waals surface area (Å²) in [5, 5.41) is 4.41. The van der Waals surface area contributed by atoms with E-state index in [4.69, 9.17) is 26.3 Å². The van der Waals surface area contributed by atoms with Crippen LogP contribution in [0.5, 0.6) is 0 Å². The van der Waals surface area contributed by atoms with Gasteiger partial charge in [0.2, 0.25) is 5.95 Å². The van der Waals surface area contributed by atoms with Gasteiger partial charge in [-0.05, 0) is 42.0 Å². The number of aromatic nitrogens is 2. The van der Waals surface area contributed by atoms with E-state index in [2.05, 4.69) is 56.4 Å². The zero-order valence-corrected chi connectivity index (χ0v) is 23.9. The van der Waals surface area contributed by atoms with Crippen molar-refractivity contribution < 1.29 is 4.74 Å². The van der Waals surface area contributed by atoms with E-state index in [0.717, 1.165) is 99.4 Å². The number of morpholine rings is 1. The van der Waals surface area contributed by atoms with Crippen LogP contribution in [0.3, 0.4) is 0 Å². The lowest BCUT2D eigenvalue weighted by molar-refractivity contribution is 0.0342. The van der Waals surface area contributed by atoms with Crippen LogP contribution in [-0.2, 0) is 17.7 Å². The van der Waals surface area contributed by atoms with Gasteiger partial charge in [-0.1, -0.05) is 37.6 Å². The van der Waals surface area contributed by atoms with Crippen LogP contribution in [0.1, 0.15) is 25.1 Å². The van der Waals surface area contributed by atoms with E-state index < -0.39 is 0 Å². The molecule has 202 valence electrons. The molecule has 0 aliphatic carbocycles. The Morgan fingerprint density at radius 2 is 1.66 bits per heavy atom. The van der Waals surface area contributed by atoms with E-state index in [-0.39, 0.29) is 0 Å². The maximum absolute atomic E-state index is 6.07. The van der Waals surface area contributed by atoms with Crippen molar-refractivity contribution in [1.82, 2.24) is 14.9 Å². The number of thioether (sulfide) groups is 1. The molecule has 0 saturated carbocycles. The Balaban J connectivity index is 0.00000144. The molecule has 2 fully saturated rings. The minimum Gasteiger partial charge on any atom is -0.379 e. The Kier molecular flexibility index (Phi) is 9.27. The summed E-state index contributed by atoms with van der Waals surface area (Å²) < 4.78 is 5.49. The Morgan fingerprint density at radius 3 is 2.42 bits per heavy atom. The van der Waals surface area contributed by atoms with Crippen molar-refractivity contribution in [2.75, 3.05) is 73.4 Å². The molecule has 3 aliphatic rings. The molecule has 0 bridgehead atoms. The fourth-order valence-electron chi connectivity index (χ4n) is 5.00. The number of aryl methyl sites for hydroxylation is 1. The highest BCUT2D eigenvalue weighted by Crippen LogP contribution is 2.38. The molecule has 2 saturated heterocycles. The van der Waals surface area contributed by atoms with Gasteiger partial charge in [0.15, 0.2) is 0 Å². The number of fused-ring (bicyclic) bond motifs is 1. The summed E-state index contributed by atoms with van der Waals surface area (Å²) in [4.78, 5) is 18.4. The predicted molar refractivity (Wildman–Crippen MR) is 160 cm³/mol. The van der Waals surface area contributed by atoms with Gasteiger partial charge in [-0.3, -0.25) is 4.90 Å². The summed E-state index contributed by atoms with van der Waals surface area (Å²) in [5.74, 6) is 2.82. The molecular weight excluding hydrogens is 516 g/mol. The number of piperazine rings is 1. The number of halogens is 1. The molecule has 0 spiro atoms. The summed E-state index contributed by atoms with van der Waals surface area (Å²) in [6.45, 7) is 12.2. The molecule has 0 amide bonds. The van der Waals surface area contributed by atoms with Gasteiger partial charge in [0.05, 0.1) is 23.8 Å². The number of rotatable bonds is 6. The van der Waals surface area contributed by atoms with Crippen LogP contribution in [0.15, 0.2) is 53.4 Å². The van der Waals surface area contributed by atoms with Crippen molar-refractivity contribution in [2.45, 2.75) is 31.7 Å². The number of nitrogens with zero attached hydrogens (tertiary/aromatic N) is 5. The molecule has 2 aromatic carbocycles. The lowest BCUT2D eigenvalue weighted by atomic mass is 10.2. The molecule has 7 nitrogen and oxygen atoms in total. The normalized spacial score (nSPS) is 17.6. The van der Waals surface area contributed by atoms with E-state index in [0.29, 0.717) is 0 Å². The van der Waals surface area contributed by atoms with Gasteiger partial charge >= 0.3 is 0 Å². The maximum atomic E-state index is 6.07. The van der Waals surface area contributed by atoms with Crippen LogP contribution in [0.25, 0.3) is 0 Å². The number of hydrogen-bond donors (Lipinski definition) is 1. The third-order valence-corrected chi connectivity index (χ3v) is 8.34. The van der Waals surface area contributed by atoms with Crippen LogP contribution in [0, 0.1) is 0 Å². The van der Waals surface area contributed by atoms with E-state index in [9.17, 15) is 0 Å². The highest BCUT2D eigenvalue weighted by molar-refractivity contribution is 7.99. The van der Waals surface area contributed by atoms with Crippen molar-refractivity contribution in [3.63, 3.8) is 0 Å².